The third kappa shape index (κ3) is 4.19. The molecule has 1 saturated carbocycles. The molecule has 3 unspecified atom stereocenters. The van der Waals surface area contributed by atoms with Crippen molar-refractivity contribution in [3.05, 3.63) is 59.7 Å². The summed E-state index contributed by atoms with van der Waals surface area (Å²) in [5.74, 6) is -1.20. The smallest absolute Gasteiger partial charge is 0.407 e. The van der Waals surface area contributed by atoms with E-state index in [0.29, 0.717) is 25.9 Å². The van der Waals surface area contributed by atoms with Crippen molar-refractivity contribution in [3.63, 3.8) is 0 Å². The number of likely N-dealkylation sites (tertiary alicyclic amines) is 1. The van der Waals surface area contributed by atoms with Crippen LogP contribution in [-0.4, -0.2) is 53.7 Å². The minimum atomic E-state index is -0.933. The molecule has 0 bridgehead atoms. The third-order valence-electron chi connectivity index (χ3n) is 7.16. The van der Waals surface area contributed by atoms with Crippen LogP contribution in [0.1, 0.15) is 42.7 Å². The average molecular weight is 449 g/mol. The second-order valence-electron chi connectivity index (χ2n) is 9.19. The molecular weight excluding hydrogens is 420 g/mol. The number of carbonyl (C=O) groups is 3. The Labute approximate surface area is 192 Å². The van der Waals surface area contributed by atoms with E-state index in [1.165, 1.54) is 16.0 Å². The van der Waals surface area contributed by atoms with Crippen LogP contribution < -0.4 is 5.32 Å². The number of piperidine rings is 1. The van der Waals surface area contributed by atoms with E-state index in [1.807, 2.05) is 24.3 Å². The average Bonchev–Trinajstić information content (AvgIpc) is 3.55. The van der Waals surface area contributed by atoms with Crippen LogP contribution in [0.4, 0.5) is 4.79 Å². The van der Waals surface area contributed by atoms with Gasteiger partial charge >= 0.3 is 12.1 Å². The Morgan fingerprint density at radius 3 is 2.33 bits per heavy atom. The summed E-state index contributed by atoms with van der Waals surface area (Å²) in [5, 5.41) is 12.2. The van der Waals surface area contributed by atoms with Crippen LogP contribution in [0.3, 0.4) is 0 Å². The first-order valence-electron chi connectivity index (χ1n) is 11.7. The zero-order chi connectivity index (χ0) is 22.9. The molecule has 7 nitrogen and oxygen atoms in total. The van der Waals surface area contributed by atoms with Gasteiger partial charge in [-0.3, -0.25) is 4.79 Å². The molecule has 1 aliphatic heterocycles. The van der Waals surface area contributed by atoms with Crippen LogP contribution in [0.15, 0.2) is 48.5 Å². The van der Waals surface area contributed by atoms with Crippen LogP contribution in [0.5, 0.6) is 0 Å². The molecule has 5 rings (SSSR count). The van der Waals surface area contributed by atoms with E-state index in [1.54, 1.807) is 0 Å². The number of rotatable bonds is 6. The molecule has 3 atom stereocenters. The predicted octanol–water partition coefficient (Wildman–Crippen LogP) is 3.63. The van der Waals surface area contributed by atoms with E-state index >= 15 is 0 Å². The molecule has 2 N–H and O–H groups in total. The summed E-state index contributed by atoms with van der Waals surface area (Å²) in [5.41, 5.74) is 4.68. The van der Waals surface area contributed by atoms with Gasteiger partial charge in [0.05, 0.1) is 0 Å². The summed E-state index contributed by atoms with van der Waals surface area (Å²) in [4.78, 5) is 38.1. The molecule has 2 aromatic carbocycles. The summed E-state index contributed by atoms with van der Waals surface area (Å²) in [7, 11) is 0. The van der Waals surface area contributed by atoms with Crippen LogP contribution in [-0.2, 0) is 14.3 Å². The number of hydrogen-bond acceptors (Lipinski definition) is 4. The first-order chi connectivity index (χ1) is 16.0. The molecule has 0 spiro atoms. The topological polar surface area (TPSA) is 95.9 Å². The largest absolute Gasteiger partial charge is 0.480 e. The van der Waals surface area contributed by atoms with Crippen molar-refractivity contribution in [2.75, 3.05) is 19.7 Å². The summed E-state index contributed by atoms with van der Waals surface area (Å²) in [6.07, 6.45) is 2.36. The molecule has 2 aliphatic carbocycles. The number of fused-ring (bicyclic) bond motifs is 3. The highest BCUT2D eigenvalue weighted by molar-refractivity contribution is 5.87. The van der Waals surface area contributed by atoms with Crippen molar-refractivity contribution < 1.29 is 24.2 Å². The first-order valence-corrected chi connectivity index (χ1v) is 11.7. The number of amides is 2. The van der Waals surface area contributed by atoms with Crippen molar-refractivity contribution in [1.82, 2.24) is 10.2 Å². The van der Waals surface area contributed by atoms with Crippen molar-refractivity contribution in [2.24, 2.45) is 11.8 Å². The normalized spacial score (nSPS) is 23.4. The quantitative estimate of drug-likeness (QED) is 0.704. The van der Waals surface area contributed by atoms with Gasteiger partial charge in [0, 0.05) is 24.9 Å². The SMILES string of the molecule is O=C(NCC1CC1C(=O)N1CCCCC1C(=O)O)OCC1c2ccccc2-c2ccccc21. The lowest BCUT2D eigenvalue weighted by molar-refractivity contribution is -0.152. The van der Waals surface area contributed by atoms with Gasteiger partial charge in [0.15, 0.2) is 0 Å². The molecule has 0 radical (unpaired) electrons. The van der Waals surface area contributed by atoms with Gasteiger partial charge in [-0.2, -0.15) is 0 Å². The highest BCUT2D eigenvalue weighted by Gasteiger charge is 2.47. The van der Waals surface area contributed by atoms with Gasteiger partial charge in [0.2, 0.25) is 5.91 Å². The maximum atomic E-state index is 12.8. The molecule has 7 heteroatoms. The van der Waals surface area contributed by atoms with Gasteiger partial charge in [-0.25, -0.2) is 9.59 Å². The Hall–Kier alpha value is -3.35. The lowest BCUT2D eigenvalue weighted by Crippen LogP contribution is -2.48. The van der Waals surface area contributed by atoms with Gasteiger partial charge in [0.1, 0.15) is 12.6 Å². The number of hydrogen-bond donors (Lipinski definition) is 2. The van der Waals surface area contributed by atoms with E-state index in [9.17, 15) is 19.5 Å². The maximum absolute atomic E-state index is 12.8. The molecule has 33 heavy (non-hydrogen) atoms. The number of aliphatic carboxylic acids is 1. The fourth-order valence-electron chi connectivity index (χ4n) is 5.30. The van der Waals surface area contributed by atoms with Crippen LogP contribution >= 0.6 is 0 Å². The summed E-state index contributed by atoms with van der Waals surface area (Å²) in [6.45, 7) is 1.11. The zero-order valence-electron chi connectivity index (χ0n) is 18.4. The predicted molar refractivity (Wildman–Crippen MR) is 122 cm³/mol. The summed E-state index contributed by atoms with van der Waals surface area (Å²) in [6, 6.07) is 15.6. The highest BCUT2D eigenvalue weighted by atomic mass is 16.5. The Kier molecular flexibility index (Phi) is 5.79. The van der Waals surface area contributed by atoms with Crippen LogP contribution in [0.2, 0.25) is 0 Å². The highest BCUT2D eigenvalue weighted by Crippen LogP contribution is 2.44. The number of carboxylic acid groups (broad SMARTS) is 1. The molecule has 1 heterocycles. The molecule has 1 saturated heterocycles. The molecule has 2 fully saturated rings. The van der Waals surface area contributed by atoms with E-state index in [0.717, 1.165) is 24.0 Å². The number of carboxylic acids is 1. The van der Waals surface area contributed by atoms with Crippen LogP contribution in [0.25, 0.3) is 11.1 Å². The van der Waals surface area contributed by atoms with E-state index in [-0.39, 0.29) is 30.3 Å². The lowest BCUT2D eigenvalue weighted by Gasteiger charge is -2.33. The second-order valence-corrected chi connectivity index (χ2v) is 9.19. The second kappa shape index (κ2) is 8.89. The Bertz CT molecular complexity index is 1040. The lowest BCUT2D eigenvalue weighted by atomic mass is 9.98. The van der Waals surface area contributed by atoms with E-state index < -0.39 is 18.1 Å². The van der Waals surface area contributed by atoms with Crippen molar-refractivity contribution >= 4 is 18.0 Å². The molecule has 3 aliphatic rings. The summed E-state index contributed by atoms with van der Waals surface area (Å²) >= 11 is 0. The number of nitrogens with zero attached hydrogens (tertiary/aromatic N) is 1. The molecule has 0 aromatic heterocycles. The van der Waals surface area contributed by atoms with Gasteiger partial charge in [-0.1, -0.05) is 48.5 Å². The maximum Gasteiger partial charge on any atom is 0.407 e. The fraction of sp³-hybridized carbons (Fsp3) is 0.423. The summed E-state index contributed by atoms with van der Waals surface area (Å²) < 4.78 is 5.56. The van der Waals surface area contributed by atoms with Gasteiger partial charge < -0.3 is 20.1 Å². The Morgan fingerprint density at radius 1 is 1.00 bits per heavy atom. The van der Waals surface area contributed by atoms with Gasteiger partial charge in [0.25, 0.3) is 0 Å². The van der Waals surface area contributed by atoms with Crippen LogP contribution in [0, 0.1) is 11.8 Å². The Balaban J connectivity index is 1.12. The fourth-order valence-corrected chi connectivity index (χ4v) is 5.30. The number of nitrogens with one attached hydrogen (secondary N) is 1. The minimum absolute atomic E-state index is 0.00505. The zero-order valence-corrected chi connectivity index (χ0v) is 18.4. The molecule has 172 valence electrons. The van der Waals surface area contributed by atoms with Crippen molar-refractivity contribution in [2.45, 2.75) is 37.6 Å². The standard InChI is InChI=1S/C26H28N2O5/c29-24(28-12-6-5-11-23(28)25(30)31)21-13-16(21)14-27-26(32)33-15-22-19-9-3-1-7-17(19)18-8-2-4-10-20(18)22/h1-4,7-10,16,21-23H,5-6,11-15H2,(H,27,32)(H,30,31). The number of benzene rings is 2. The minimum Gasteiger partial charge on any atom is -0.480 e. The monoisotopic (exact) mass is 448 g/mol. The Morgan fingerprint density at radius 2 is 1.67 bits per heavy atom. The van der Waals surface area contributed by atoms with Crippen molar-refractivity contribution in [1.29, 1.82) is 0 Å². The molecule has 2 amide bonds. The van der Waals surface area contributed by atoms with E-state index in [2.05, 4.69) is 29.6 Å². The van der Waals surface area contributed by atoms with Gasteiger partial charge in [-0.15, -0.1) is 0 Å². The van der Waals surface area contributed by atoms with Crippen molar-refractivity contribution in [3.8, 4) is 11.1 Å². The molecular formula is C26H28N2O5. The number of carbonyl (C=O) groups excluding carboxylic acids is 2. The third-order valence-corrected chi connectivity index (χ3v) is 7.16. The number of alkyl carbamates (subject to hydrolysis) is 1. The van der Waals surface area contributed by atoms with Gasteiger partial charge in [-0.05, 0) is 53.9 Å². The van der Waals surface area contributed by atoms with E-state index in [4.69, 9.17) is 4.74 Å². The first kappa shape index (κ1) is 21.5. The molecule has 2 aromatic rings. The number of ether oxygens (including phenoxy) is 1.